The van der Waals surface area contributed by atoms with Crippen molar-refractivity contribution in [1.29, 1.82) is 5.26 Å². The first-order valence-electron chi connectivity index (χ1n) is 6.26. The van der Waals surface area contributed by atoms with Gasteiger partial charge in [0.2, 0.25) is 5.91 Å². The molecule has 1 aliphatic rings. The molecule has 0 radical (unpaired) electrons. The average molecular weight is 240 g/mol. The summed E-state index contributed by atoms with van der Waals surface area (Å²) in [7, 11) is 0. The van der Waals surface area contributed by atoms with Gasteiger partial charge in [0.15, 0.2) is 0 Å². The third kappa shape index (κ3) is 3.46. The number of benzene rings is 1. The second-order valence-corrected chi connectivity index (χ2v) is 4.56. The minimum absolute atomic E-state index is 0.0359. The number of hydrogen-bond donors (Lipinski definition) is 1. The van der Waals surface area contributed by atoms with E-state index in [1.807, 2.05) is 12.1 Å². The maximum Gasteiger partial charge on any atom is 0.244 e. The van der Waals surface area contributed by atoms with Crippen molar-refractivity contribution >= 4 is 12.0 Å². The second-order valence-electron chi connectivity index (χ2n) is 4.56. The molecule has 0 saturated heterocycles. The summed E-state index contributed by atoms with van der Waals surface area (Å²) >= 11 is 0. The number of rotatable bonds is 3. The molecule has 1 amide bonds. The highest BCUT2D eigenvalue weighted by Gasteiger charge is 2.15. The Morgan fingerprint density at radius 2 is 1.94 bits per heavy atom. The summed E-state index contributed by atoms with van der Waals surface area (Å²) in [5.41, 5.74) is 1.55. The Balaban J connectivity index is 1.89. The molecule has 18 heavy (non-hydrogen) atoms. The van der Waals surface area contributed by atoms with Crippen LogP contribution in [-0.4, -0.2) is 11.9 Å². The van der Waals surface area contributed by atoms with Gasteiger partial charge in [-0.3, -0.25) is 4.79 Å². The number of amides is 1. The van der Waals surface area contributed by atoms with E-state index in [0.29, 0.717) is 11.6 Å². The molecule has 0 unspecified atom stereocenters. The van der Waals surface area contributed by atoms with Gasteiger partial charge < -0.3 is 5.32 Å². The number of nitrogens with one attached hydrogen (secondary N) is 1. The summed E-state index contributed by atoms with van der Waals surface area (Å²) in [5, 5.41) is 11.7. The fourth-order valence-corrected chi connectivity index (χ4v) is 2.16. The monoisotopic (exact) mass is 240 g/mol. The minimum atomic E-state index is -0.0359. The lowest BCUT2D eigenvalue weighted by molar-refractivity contribution is -0.117. The van der Waals surface area contributed by atoms with E-state index in [0.717, 1.165) is 18.4 Å². The molecule has 1 fully saturated rings. The predicted octanol–water partition coefficient (Wildman–Crippen LogP) is 2.63. The van der Waals surface area contributed by atoms with Crippen molar-refractivity contribution in [3.8, 4) is 6.07 Å². The van der Waals surface area contributed by atoms with Crippen LogP contribution < -0.4 is 5.32 Å². The maximum atomic E-state index is 11.6. The molecule has 0 heterocycles. The molecule has 1 N–H and O–H groups in total. The zero-order valence-electron chi connectivity index (χ0n) is 10.2. The Morgan fingerprint density at radius 1 is 1.28 bits per heavy atom. The molecule has 92 valence electrons. The van der Waals surface area contributed by atoms with Crippen molar-refractivity contribution in [2.45, 2.75) is 31.7 Å². The summed E-state index contributed by atoms with van der Waals surface area (Å²) in [6.07, 6.45) is 7.94. The normalized spacial score (nSPS) is 15.7. The van der Waals surface area contributed by atoms with Gasteiger partial charge in [0.25, 0.3) is 0 Å². The van der Waals surface area contributed by atoms with Crippen molar-refractivity contribution in [3.05, 3.63) is 41.5 Å². The van der Waals surface area contributed by atoms with Gasteiger partial charge in [-0.15, -0.1) is 0 Å². The molecule has 0 spiro atoms. The lowest BCUT2D eigenvalue weighted by Crippen LogP contribution is -2.30. The zero-order valence-corrected chi connectivity index (χ0v) is 10.2. The van der Waals surface area contributed by atoms with Crippen LogP contribution in [0.4, 0.5) is 0 Å². The van der Waals surface area contributed by atoms with E-state index in [1.165, 1.54) is 12.8 Å². The van der Waals surface area contributed by atoms with Crippen molar-refractivity contribution in [1.82, 2.24) is 5.32 Å². The van der Waals surface area contributed by atoms with Crippen molar-refractivity contribution < 1.29 is 4.79 Å². The van der Waals surface area contributed by atoms with E-state index in [1.54, 1.807) is 24.3 Å². The van der Waals surface area contributed by atoms with Crippen LogP contribution in [0.3, 0.4) is 0 Å². The average Bonchev–Trinajstić information content (AvgIpc) is 2.90. The molecule has 0 aliphatic heterocycles. The van der Waals surface area contributed by atoms with Crippen LogP contribution in [0, 0.1) is 11.3 Å². The Bertz CT molecular complexity index is 476. The van der Waals surface area contributed by atoms with Gasteiger partial charge in [-0.05, 0) is 36.6 Å². The molecule has 0 atom stereocenters. The Morgan fingerprint density at radius 3 is 2.56 bits per heavy atom. The van der Waals surface area contributed by atoms with E-state index in [2.05, 4.69) is 11.4 Å². The number of carbonyl (C=O) groups is 1. The molecular weight excluding hydrogens is 224 g/mol. The Hall–Kier alpha value is -2.08. The molecule has 3 heteroatoms. The van der Waals surface area contributed by atoms with Gasteiger partial charge >= 0.3 is 0 Å². The quantitative estimate of drug-likeness (QED) is 0.826. The van der Waals surface area contributed by atoms with Gasteiger partial charge in [-0.1, -0.05) is 25.0 Å². The highest BCUT2D eigenvalue weighted by molar-refractivity contribution is 5.91. The SMILES string of the molecule is N#Cc1ccc(/C=C\C(=O)NC2CCCC2)cc1. The highest BCUT2D eigenvalue weighted by Crippen LogP contribution is 2.17. The molecule has 1 aromatic rings. The van der Waals surface area contributed by atoms with Gasteiger partial charge in [0, 0.05) is 12.1 Å². The second kappa shape index (κ2) is 6.02. The zero-order chi connectivity index (χ0) is 12.8. The fraction of sp³-hybridized carbons (Fsp3) is 0.333. The number of hydrogen-bond acceptors (Lipinski definition) is 2. The number of carbonyl (C=O) groups excluding carboxylic acids is 1. The maximum absolute atomic E-state index is 11.6. The molecule has 1 aromatic carbocycles. The van der Waals surface area contributed by atoms with Crippen LogP contribution in [0.2, 0.25) is 0 Å². The van der Waals surface area contributed by atoms with Crippen LogP contribution in [0.5, 0.6) is 0 Å². The van der Waals surface area contributed by atoms with Crippen molar-refractivity contribution in [3.63, 3.8) is 0 Å². The Labute approximate surface area is 107 Å². The minimum Gasteiger partial charge on any atom is -0.350 e. The lowest BCUT2D eigenvalue weighted by Gasteiger charge is -2.08. The first-order chi connectivity index (χ1) is 8.78. The Kier molecular flexibility index (Phi) is 4.14. The standard InChI is InChI=1S/C15H16N2O/c16-11-13-7-5-12(6-8-13)9-10-15(18)17-14-3-1-2-4-14/h5-10,14H,1-4H2,(H,17,18)/b10-9-. The van der Waals surface area contributed by atoms with Crippen LogP contribution in [-0.2, 0) is 4.79 Å². The summed E-state index contributed by atoms with van der Waals surface area (Å²) in [6, 6.07) is 9.57. The van der Waals surface area contributed by atoms with Crippen LogP contribution >= 0.6 is 0 Å². The largest absolute Gasteiger partial charge is 0.350 e. The molecule has 1 saturated carbocycles. The van der Waals surface area contributed by atoms with Crippen molar-refractivity contribution in [2.75, 3.05) is 0 Å². The summed E-state index contributed by atoms with van der Waals surface area (Å²) in [6.45, 7) is 0. The molecule has 0 aromatic heterocycles. The van der Waals surface area contributed by atoms with Gasteiger partial charge in [-0.25, -0.2) is 0 Å². The predicted molar refractivity (Wildman–Crippen MR) is 70.6 cm³/mol. The summed E-state index contributed by atoms with van der Waals surface area (Å²) < 4.78 is 0. The molecule has 0 bridgehead atoms. The van der Waals surface area contributed by atoms with Gasteiger partial charge in [0.1, 0.15) is 0 Å². The topological polar surface area (TPSA) is 52.9 Å². The molecular formula is C15H16N2O. The van der Waals surface area contributed by atoms with E-state index in [-0.39, 0.29) is 5.91 Å². The van der Waals surface area contributed by atoms with E-state index >= 15 is 0 Å². The first-order valence-corrected chi connectivity index (χ1v) is 6.26. The first kappa shape index (κ1) is 12.4. The number of nitrogens with zero attached hydrogens (tertiary/aromatic N) is 1. The van der Waals surface area contributed by atoms with Crippen LogP contribution in [0.25, 0.3) is 6.08 Å². The highest BCUT2D eigenvalue weighted by atomic mass is 16.1. The lowest BCUT2D eigenvalue weighted by atomic mass is 10.1. The third-order valence-electron chi connectivity index (χ3n) is 3.17. The van der Waals surface area contributed by atoms with Crippen LogP contribution in [0.15, 0.2) is 30.3 Å². The van der Waals surface area contributed by atoms with E-state index < -0.39 is 0 Å². The fourth-order valence-electron chi connectivity index (χ4n) is 2.16. The van der Waals surface area contributed by atoms with Gasteiger partial charge in [-0.2, -0.15) is 5.26 Å². The van der Waals surface area contributed by atoms with Gasteiger partial charge in [0.05, 0.1) is 11.6 Å². The van der Waals surface area contributed by atoms with E-state index in [4.69, 9.17) is 5.26 Å². The number of nitriles is 1. The van der Waals surface area contributed by atoms with E-state index in [9.17, 15) is 4.79 Å². The third-order valence-corrected chi connectivity index (χ3v) is 3.17. The molecule has 3 nitrogen and oxygen atoms in total. The summed E-state index contributed by atoms with van der Waals surface area (Å²) in [5.74, 6) is -0.0359. The molecule has 1 aliphatic carbocycles. The molecule has 2 rings (SSSR count). The smallest absolute Gasteiger partial charge is 0.244 e. The van der Waals surface area contributed by atoms with Crippen molar-refractivity contribution in [2.24, 2.45) is 0 Å². The van der Waals surface area contributed by atoms with Crippen LogP contribution in [0.1, 0.15) is 36.8 Å². The summed E-state index contributed by atoms with van der Waals surface area (Å²) in [4.78, 5) is 11.6.